The van der Waals surface area contributed by atoms with Crippen molar-refractivity contribution < 1.29 is 26.0 Å². The minimum atomic E-state index is -4.21. The van der Waals surface area contributed by atoms with Crippen molar-refractivity contribution in [3.8, 4) is 11.6 Å². The zero-order chi connectivity index (χ0) is 26.0. The van der Waals surface area contributed by atoms with Crippen LogP contribution < -0.4 is 14.2 Å². The Labute approximate surface area is 217 Å². The molecule has 3 aromatic carbocycles. The lowest BCUT2D eigenvalue weighted by Gasteiger charge is -2.14. The maximum atomic E-state index is 13.0. The number of benzene rings is 3. The number of ether oxygens (including phenoxy) is 1. The van der Waals surface area contributed by atoms with Gasteiger partial charge in [-0.3, -0.25) is 9.44 Å². The van der Waals surface area contributed by atoms with Crippen molar-refractivity contribution in [2.24, 2.45) is 0 Å². The molecule has 0 amide bonds. The van der Waals surface area contributed by atoms with Crippen LogP contribution in [0.15, 0.2) is 112 Å². The number of sulfonamides is 2. The number of pyridine rings is 1. The SMILES string of the molecule is O=S(=O)(Nc1ccc(Cl)cc1NS(=O)(=O)c1cc2ccccc2o1)c1ccc(Oc2ccccc2)nc1. The van der Waals surface area contributed by atoms with E-state index in [0.29, 0.717) is 16.7 Å². The van der Waals surface area contributed by atoms with Gasteiger partial charge in [-0.25, -0.2) is 13.4 Å². The predicted molar refractivity (Wildman–Crippen MR) is 140 cm³/mol. The van der Waals surface area contributed by atoms with Crippen LogP contribution >= 0.6 is 11.6 Å². The maximum Gasteiger partial charge on any atom is 0.295 e. The third-order valence-electron chi connectivity index (χ3n) is 5.12. The Kier molecular flexibility index (Phi) is 6.50. The number of halogens is 1. The Morgan fingerprint density at radius 3 is 2.22 bits per heavy atom. The molecule has 5 aromatic rings. The van der Waals surface area contributed by atoms with Crippen LogP contribution in [0.3, 0.4) is 0 Å². The normalized spacial score (nSPS) is 11.8. The molecule has 0 saturated heterocycles. The predicted octanol–water partition coefficient (Wildman–Crippen LogP) is 5.88. The van der Waals surface area contributed by atoms with Crippen molar-refractivity contribution in [3.05, 3.63) is 102 Å². The number of nitrogens with one attached hydrogen (secondary N) is 2. The minimum Gasteiger partial charge on any atom is -0.443 e. The maximum absolute atomic E-state index is 13.0. The minimum absolute atomic E-state index is 0.0475. The van der Waals surface area contributed by atoms with E-state index in [1.807, 2.05) is 6.07 Å². The molecule has 2 heterocycles. The molecule has 0 aliphatic rings. The zero-order valence-corrected chi connectivity index (χ0v) is 21.2. The second-order valence-corrected chi connectivity index (χ2v) is 11.5. The van der Waals surface area contributed by atoms with E-state index in [1.54, 1.807) is 48.5 Å². The average Bonchev–Trinajstić information content (AvgIpc) is 3.32. The lowest BCUT2D eigenvalue weighted by molar-refractivity contribution is 0.462. The quantitative estimate of drug-likeness (QED) is 0.245. The molecule has 0 saturated carbocycles. The van der Waals surface area contributed by atoms with E-state index < -0.39 is 20.0 Å². The molecule has 0 aliphatic heterocycles. The van der Waals surface area contributed by atoms with Crippen molar-refractivity contribution in [1.29, 1.82) is 0 Å². The zero-order valence-electron chi connectivity index (χ0n) is 18.8. The van der Waals surface area contributed by atoms with Gasteiger partial charge in [0.15, 0.2) is 0 Å². The summed E-state index contributed by atoms with van der Waals surface area (Å²) >= 11 is 6.07. The van der Waals surface area contributed by atoms with Crippen LogP contribution in [0.5, 0.6) is 11.6 Å². The van der Waals surface area contributed by atoms with Crippen LogP contribution in [-0.2, 0) is 20.0 Å². The first-order valence-corrected chi connectivity index (χ1v) is 14.1. The molecule has 0 spiro atoms. The number of fused-ring (bicyclic) bond motifs is 1. The molecule has 9 nitrogen and oxygen atoms in total. The monoisotopic (exact) mass is 555 g/mol. The van der Waals surface area contributed by atoms with Gasteiger partial charge in [-0.2, -0.15) is 8.42 Å². The second kappa shape index (κ2) is 9.77. The number of rotatable bonds is 8. The molecule has 12 heteroatoms. The molecule has 188 valence electrons. The highest BCUT2D eigenvalue weighted by Crippen LogP contribution is 2.32. The van der Waals surface area contributed by atoms with Crippen molar-refractivity contribution >= 4 is 54.0 Å². The fourth-order valence-electron chi connectivity index (χ4n) is 3.37. The number of hydrogen-bond donors (Lipinski definition) is 2. The van der Waals surface area contributed by atoms with Gasteiger partial charge in [0, 0.05) is 22.5 Å². The highest BCUT2D eigenvalue weighted by atomic mass is 35.5. The first-order chi connectivity index (χ1) is 17.7. The van der Waals surface area contributed by atoms with Gasteiger partial charge in [0.25, 0.3) is 20.0 Å². The summed E-state index contributed by atoms with van der Waals surface area (Å²) in [6.07, 6.45) is 1.13. The number of nitrogens with zero attached hydrogens (tertiary/aromatic N) is 1. The lowest BCUT2D eigenvalue weighted by Crippen LogP contribution is -2.17. The number of anilines is 2. The smallest absolute Gasteiger partial charge is 0.295 e. The summed E-state index contributed by atoms with van der Waals surface area (Å²) in [5, 5.41) is 0.456. The standard InChI is InChI=1S/C25H18ClN3O6S2/c26-18-10-12-21(22(15-18)29-37(32,33)25-14-17-6-4-5-9-23(17)35-25)28-36(30,31)20-11-13-24(27-16-20)34-19-7-2-1-3-8-19/h1-16,28-29H. The van der Waals surface area contributed by atoms with E-state index in [9.17, 15) is 16.8 Å². The highest BCUT2D eigenvalue weighted by Gasteiger charge is 2.23. The van der Waals surface area contributed by atoms with Crippen molar-refractivity contribution in [1.82, 2.24) is 4.98 Å². The highest BCUT2D eigenvalue weighted by molar-refractivity contribution is 7.93. The molecule has 0 fully saturated rings. The van der Waals surface area contributed by atoms with E-state index in [-0.39, 0.29) is 32.3 Å². The topological polar surface area (TPSA) is 128 Å². The molecule has 0 unspecified atom stereocenters. The summed E-state index contributed by atoms with van der Waals surface area (Å²) in [7, 11) is -8.36. The van der Waals surface area contributed by atoms with Gasteiger partial charge in [0.05, 0.1) is 17.6 Å². The third-order valence-corrected chi connectivity index (χ3v) is 7.93. The van der Waals surface area contributed by atoms with Crippen molar-refractivity contribution in [2.75, 3.05) is 9.44 Å². The number of aromatic nitrogens is 1. The Hall–Kier alpha value is -4.06. The summed E-state index contributed by atoms with van der Waals surface area (Å²) in [5.74, 6) is 0.752. The first-order valence-electron chi connectivity index (χ1n) is 10.7. The molecule has 2 N–H and O–H groups in total. The fraction of sp³-hybridized carbons (Fsp3) is 0. The van der Waals surface area contributed by atoms with E-state index in [1.165, 1.54) is 36.4 Å². The molecule has 0 atom stereocenters. The molecule has 0 bridgehead atoms. The van der Waals surface area contributed by atoms with E-state index in [4.69, 9.17) is 20.8 Å². The number of hydrogen-bond acceptors (Lipinski definition) is 7. The van der Waals surface area contributed by atoms with Gasteiger partial charge in [-0.1, -0.05) is 48.0 Å². The Balaban J connectivity index is 1.39. The Morgan fingerprint density at radius 1 is 0.757 bits per heavy atom. The molecule has 2 aromatic heterocycles. The molecular formula is C25H18ClN3O6S2. The lowest BCUT2D eigenvalue weighted by atomic mass is 10.3. The summed E-state index contributed by atoms with van der Waals surface area (Å²) in [6.45, 7) is 0. The van der Waals surface area contributed by atoms with Crippen LogP contribution in [0.1, 0.15) is 0 Å². The van der Waals surface area contributed by atoms with Gasteiger partial charge in [0.2, 0.25) is 11.0 Å². The van der Waals surface area contributed by atoms with Crippen LogP contribution in [-0.4, -0.2) is 21.8 Å². The fourth-order valence-corrected chi connectivity index (χ4v) is 5.61. The van der Waals surface area contributed by atoms with Crippen LogP contribution in [0.2, 0.25) is 5.02 Å². The molecular weight excluding hydrogens is 538 g/mol. The van der Waals surface area contributed by atoms with Gasteiger partial charge in [-0.15, -0.1) is 0 Å². The van der Waals surface area contributed by atoms with E-state index >= 15 is 0 Å². The van der Waals surface area contributed by atoms with Gasteiger partial charge < -0.3 is 9.15 Å². The number of furan rings is 1. The number of para-hydroxylation sites is 2. The van der Waals surface area contributed by atoms with Crippen molar-refractivity contribution in [3.63, 3.8) is 0 Å². The third kappa shape index (κ3) is 5.53. The van der Waals surface area contributed by atoms with Crippen LogP contribution in [0.4, 0.5) is 11.4 Å². The van der Waals surface area contributed by atoms with Crippen molar-refractivity contribution in [2.45, 2.75) is 9.99 Å². The van der Waals surface area contributed by atoms with Crippen LogP contribution in [0.25, 0.3) is 11.0 Å². The van der Waals surface area contributed by atoms with Gasteiger partial charge in [0.1, 0.15) is 16.2 Å². The summed E-state index contributed by atoms with van der Waals surface area (Å²) in [4.78, 5) is 3.89. The molecule has 37 heavy (non-hydrogen) atoms. The summed E-state index contributed by atoms with van der Waals surface area (Å²) in [6, 6.07) is 23.9. The largest absolute Gasteiger partial charge is 0.443 e. The second-order valence-electron chi connectivity index (χ2n) is 7.75. The van der Waals surface area contributed by atoms with E-state index in [0.717, 1.165) is 6.20 Å². The molecule has 0 aliphatic carbocycles. The first kappa shape index (κ1) is 24.6. The van der Waals surface area contributed by atoms with Crippen LogP contribution in [0, 0.1) is 0 Å². The van der Waals surface area contributed by atoms with E-state index in [2.05, 4.69) is 14.4 Å². The Bertz CT molecular complexity index is 1760. The van der Waals surface area contributed by atoms with Gasteiger partial charge in [-0.05, 0) is 42.5 Å². The average molecular weight is 556 g/mol. The summed E-state index contributed by atoms with van der Waals surface area (Å²) in [5.41, 5.74) is 0.254. The molecule has 0 radical (unpaired) electrons. The summed E-state index contributed by atoms with van der Waals surface area (Å²) < 4.78 is 67.9. The van der Waals surface area contributed by atoms with Gasteiger partial charge >= 0.3 is 0 Å². The Morgan fingerprint density at radius 2 is 1.49 bits per heavy atom. The molecule has 5 rings (SSSR count).